The summed E-state index contributed by atoms with van der Waals surface area (Å²) in [5.41, 5.74) is 6.80. The Morgan fingerprint density at radius 2 is 1.74 bits per heavy atom. The van der Waals surface area contributed by atoms with Gasteiger partial charge >= 0.3 is 0 Å². The smallest absolute Gasteiger partial charge is 0.0131 e. The Labute approximate surface area is 120 Å². The summed E-state index contributed by atoms with van der Waals surface area (Å²) in [5, 5.41) is 0. The lowest BCUT2D eigenvalue weighted by Crippen LogP contribution is -2.44. The van der Waals surface area contributed by atoms with Gasteiger partial charge in [0.2, 0.25) is 0 Å². The van der Waals surface area contributed by atoms with Crippen LogP contribution in [0.15, 0.2) is 0 Å². The predicted octanol–water partition coefficient (Wildman–Crippen LogP) is 3.65. The molecule has 2 fully saturated rings. The van der Waals surface area contributed by atoms with Gasteiger partial charge in [-0.3, -0.25) is 0 Å². The summed E-state index contributed by atoms with van der Waals surface area (Å²) in [6, 6.07) is 1.21. The van der Waals surface area contributed by atoms with Crippen LogP contribution >= 0.6 is 0 Å². The molecule has 0 heterocycles. The molecular weight excluding hydrogens is 232 g/mol. The van der Waals surface area contributed by atoms with E-state index in [1.165, 1.54) is 51.5 Å². The third-order valence-corrected chi connectivity index (χ3v) is 6.11. The average molecular weight is 266 g/mol. The zero-order valence-electron chi connectivity index (χ0n) is 13.5. The second-order valence-corrected chi connectivity index (χ2v) is 7.84. The minimum atomic E-state index is 0.353. The van der Waals surface area contributed by atoms with Gasteiger partial charge in [0, 0.05) is 18.6 Å². The summed E-state index contributed by atoms with van der Waals surface area (Å²) in [6.07, 6.45) is 9.68. The quantitative estimate of drug-likeness (QED) is 0.841. The van der Waals surface area contributed by atoms with Crippen LogP contribution in [-0.2, 0) is 0 Å². The van der Waals surface area contributed by atoms with E-state index in [4.69, 9.17) is 5.73 Å². The monoisotopic (exact) mass is 266 g/mol. The largest absolute Gasteiger partial charge is 0.327 e. The molecule has 0 aromatic carbocycles. The molecule has 2 saturated carbocycles. The summed E-state index contributed by atoms with van der Waals surface area (Å²) in [4.78, 5) is 2.62. The van der Waals surface area contributed by atoms with E-state index < -0.39 is 0 Å². The van der Waals surface area contributed by atoms with E-state index in [-0.39, 0.29) is 0 Å². The Bertz CT molecular complexity index is 279. The van der Waals surface area contributed by atoms with E-state index in [0.29, 0.717) is 17.4 Å². The normalized spacial score (nSPS) is 38.8. The van der Waals surface area contributed by atoms with Crippen LogP contribution in [0.25, 0.3) is 0 Å². The van der Waals surface area contributed by atoms with Crippen molar-refractivity contribution in [1.29, 1.82) is 0 Å². The fourth-order valence-corrected chi connectivity index (χ4v) is 4.26. The van der Waals surface area contributed by atoms with Gasteiger partial charge in [-0.15, -0.1) is 0 Å². The first-order chi connectivity index (χ1) is 8.94. The molecule has 0 aromatic heterocycles. The third-order valence-electron chi connectivity index (χ3n) is 6.11. The van der Waals surface area contributed by atoms with Crippen LogP contribution in [0.5, 0.6) is 0 Å². The maximum absolute atomic E-state index is 6.45. The summed E-state index contributed by atoms with van der Waals surface area (Å²) < 4.78 is 0. The van der Waals surface area contributed by atoms with Gasteiger partial charge in [-0.05, 0) is 62.8 Å². The molecule has 0 bridgehead atoms. The summed E-state index contributed by atoms with van der Waals surface area (Å²) in [7, 11) is 2.33. The van der Waals surface area contributed by atoms with Crippen LogP contribution < -0.4 is 5.73 Å². The SMILES string of the molecule is CCC1CCC(N(C)CC2CCC(C)(C)C2N)CC1. The Balaban J connectivity index is 1.80. The summed E-state index contributed by atoms with van der Waals surface area (Å²) in [6.45, 7) is 8.23. The van der Waals surface area contributed by atoms with Gasteiger partial charge in [-0.25, -0.2) is 0 Å². The van der Waals surface area contributed by atoms with Crippen molar-refractivity contribution in [3.63, 3.8) is 0 Å². The predicted molar refractivity (Wildman–Crippen MR) is 83.1 cm³/mol. The van der Waals surface area contributed by atoms with E-state index >= 15 is 0 Å². The molecule has 2 nitrogen and oxygen atoms in total. The van der Waals surface area contributed by atoms with Crippen molar-refractivity contribution in [2.75, 3.05) is 13.6 Å². The molecule has 2 atom stereocenters. The van der Waals surface area contributed by atoms with Crippen LogP contribution in [0.1, 0.15) is 65.7 Å². The molecule has 0 spiro atoms. The van der Waals surface area contributed by atoms with Gasteiger partial charge in [0.15, 0.2) is 0 Å². The van der Waals surface area contributed by atoms with Crippen LogP contribution in [0, 0.1) is 17.3 Å². The molecule has 2 unspecified atom stereocenters. The highest BCUT2D eigenvalue weighted by Crippen LogP contribution is 2.40. The van der Waals surface area contributed by atoms with Crippen LogP contribution in [0.3, 0.4) is 0 Å². The Morgan fingerprint density at radius 3 is 2.21 bits per heavy atom. The van der Waals surface area contributed by atoms with E-state index in [1.807, 2.05) is 0 Å². The van der Waals surface area contributed by atoms with Crippen molar-refractivity contribution in [3.05, 3.63) is 0 Å². The van der Waals surface area contributed by atoms with Crippen LogP contribution in [0.2, 0.25) is 0 Å². The molecule has 0 radical (unpaired) electrons. The van der Waals surface area contributed by atoms with Crippen molar-refractivity contribution in [2.24, 2.45) is 23.0 Å². The molecule has 2 N–H and O–H groups in total. The van der Waals surface area contributed by atoms with Gasteiger partial charge in [0.1, 0.15) is 0 Å². The highest BCUT2D eigenvalue weighted by Gasteiger charge is 2.40. The number of hydrogen-bond donors (Lipinski definition) is 1. The van der Waals surface area contributed by atoms with Gasteiger partial charge < -0.3 is 10.6 Å². The second-order valence-electron chi connectivity index (χ2n) is 7.84. The minimum absolute atomic E-state index is 0.353. The fraction of sp³-hybridized carbons (Fsp3) is 1.00. The first kappa shape index (κ1) is 15.3. The summed E-state index contributed by atoms with van der Waals surface area (Å²) >= 11 is 0. The fourth-order valence-electron chi connectivity index (χ4n) is 4.26. The molecule has 2 aliphatic rings. The summed E-state index contributed by atoms with van der Waals surface area (Å²) in [5.74, 6) is 1.71. The van der Waals surface area contributed by atoms with E-state index in [1.54, 1.807) is 0 Å². The van der Waals surface area contributed by atoms with Gasteiger partial charge in [-0.2, -0.15) is 0 Å². The molecule has 0 saturated heterocycles. The van der Waals surface area contributed by atoms with E-state index in [0.717, 1.165) is 12.0 Å². The molecule has 0 aromatic rings. The van der Waals surface area contributed by atoms with Gasteiger partial charge in [0.05, 0.1) is 0 Å². The Hall–Kier alpha value is -0.0800. The van der Waals surface area contributed by atoms with Crippen LogP contribution in [-0.4, -0.2) is 30.6 Å². The molecular formula is C17H34N2. The molecule has 0 amide bonds. The number of nitrogens with two attached hydrogens (primary N) is 1. The lowest BCUT2D eigenvalue weighted by atomic mass is 9.83. The molecule has 2 rings (SSSR count). The first-order valence-electron chi connectivity index (χ1n) is 8.40. The van der Waals surface area contributed by atoms with Gasteiger partial charge in [0.25, 0.3) is 0 Å². The van der Waals surface area contributed by atoms with E-state index in [9.17, 15) is 0 Å². The van der Waals surface area contributed by atoms with Crippen molar-refractivity contribution in [2.45, 2.75) is 77.8 Å². The minimum Gasteiger partial charge on any atom is -0.327 e. The highest BCUT2D eigenvalue weighted by atomic mass is 15.1. The topological polar surface area (TPSA) is 29.3 Å². The Morgan fingerprint density at radius 1 is 1.11 bits per heavy atom. The molecule has 2 heteroatoms. The standard InChI is InChI=1S/C17H34N2/c1-5-13-6-8-15(9-7-13)19(4)12-14-10-11-17(2,3)16(14)18/h13-16H,5-12,18H2,1-4H3. The molecule has 2 aliphatic carbocycles. The zero-order chi connectivity index (χ0) is 14.0. The Kier molecular flexibility index (Phi) is 4.94. The van der Waals surface area contributed by atoms with Crippen molar-refractivity contribution in [1.82, 2.24) is 4.90 Å². The van der Waals surface area contributed by atoms with Gasteiger partial charge in [-0.1, -0.05) is 27.2 Å². The first-order valence-corrected chi connectivity index (χ1v) is 8.40. The van der Waals surface area contributed by atoms with E-state index in [2.05, 4.69) is 32.7 Å². The van der Waals surface area contributed by atoms with Crippen LogP contribution in [0.4, 0.5) is 0 Å². The van der Waals surface area contributed by atoms with Crippen molar-refractivity contribution >= 4 is 0 Å². The molecule has 19 heavy (non-hydrogen) atoms. The number of rotatable bonds is 4. The van der Waals surface area contributed by atoms with Crippen molar-refractivity contribution in [3.8, 4) is 0 Å². The number of nitrogens with zero attached hydrogens (tertiary/aromatic N) is 1. The lowest BCUT2D eigenvalue weighted by Gasteiger charge is -2.37. The lowest BCUT2D eigenvalue weighted by molar-refractivity contribution is 0.136. The third kappa shape index (κ3) is 3.52. The molecule has 0 aliphatic heterocycles. The maximum Gasteiger partial charge on any atom is 0.0131 e. The average Bonchev–Trinajstić information content (AvgIpc) is 2.66. The maximum atomic E-state index is 6.45. The molecule has 112 valence electrons. The van der Waals surface area contributed by atoms with Crippen molar-refractivity contribution < 1.29 is 0 Å². The zero-order valence-corrected chi connectivity index (χ0v) is 13.5. The second kappa shape index (κ2) is 6.13. The highest BCUT2D eigenvalue weighted by molar-refractivity contribution is 4.95. The number of hydrogen-bond acceptors (Lipinski definition) is 2.